The van der Waals surface area contributed by atoms with Crippen LogP contribution in [-0.4, -0.2) is 24.8 Å². The van der Waals surface area contributed by atoms with E-state index in [1.807, 2.05) is 45.0 Å². The van der Waals surface area contributed by atoms with Gasteiger partial charge in [-0.1, -0.05) is 23.7 Å². The van der Waals surface area contributed by atoms with E-state index in [0.29, 0.717) is 6.54 Å². The van der Waals surface area contributed by atoms with Gasteiger partial charge in [-0.25, -0.2) is 4.79 Å². The molecule has 21 heavy (non-hydrogen) atoms. The lowest BCUT2D eigenvalue weighted by atomic mass is 10.1. The summed E-state index contributed by atoms with van der Waals surface area (Å²) in [7, 11) is 0. The number of amides is 1. The van der Waals surface area contributed by atoms with Crippen molar-refractivity contribution in [3.8, 4) is 0 Å². The number of alkyl carbamates (subject to hydrolysis) is 1. The summed E-state index contributed by atoms with van der Waals surface area (Å²) in [4.78, 5) is 11.4. The number of carbonyl (C=O) groups excluding carboxylic acids is 1. The molecular weight excluding hydrogens is 288 g/mol. The van der Waals surface area contributed by atoms with Gasteiger partial charge >= 0.3 is 6.09 Å². The Balaban J connectivity index is 2.18. The van der Waals surface area contributed by atoms with Crippen molar-refractivity contribution in [1.82, 2.24) is 10.6 Å². The van der Waals surface area contributed by atoms with E-state index in [4.69, 9.17) is 16.3 Å². The molecule has 1 aromatic rings. The van der Waals surface area contributed by atoms with E-state index in [-0.39, 0.29) is 12.1 Å². The molecule has 0 saturated heterocycles. The van der Waals surface area contributed by atoms with Crippen LogP contribution in [0.15, 0.2) is 24.3 Å². The van der Waals surface area contributed by atoms with Crippen LogP contribution in [0.25, 0.3) is 0 Å². The fourth-order valence-corrected chi connectivity index (χ4v) is 2.00. The third-order valence-electron chi connectivity index (χ3n) is 2.82. The highest BCUT2D eigenvalue weighted by Crippen LogP contribution is 2.17. The van der Waals surface area contributed by atoms with Crippen molar-refractivity contribution >= 4 is 17.7 Å². The van der Waals surface area contributed by atoms with Gasteiger partial charge in [0.1, 0.15) is 5.60 Å². The zero-order valence-corrected chi connectivity index (χ0v) is 14.0. The fraction of sp³-hybridized carbons (Fsp3) is 0.562. The maximum absolute atomic E-state index is 11.4. The maximum Gasteiger partial charge on any atom is 0.407 e. The Morgan fingerprint density at radius 2 is 2.05 bits per heavy atom. The monoisotopic (exact) mass is 312 g/mol. The molecule has 0 aliphatic rings. The number of carbonyl (C=O) groups is 1. The molecule has 1 atom stereocenters. The second-order valence-corrected chi connectivity index (χ2v) is 6.45. The van der Waals surface area contributed by atoms with Crippen molar-refractivity contribution in [3.63, 3.8) is 0 Å². The van der Waals surface area contributed by atoms with Crippen LogP contribution in [0.5, 0.6) is 0 Å². The van der Waals surface area contributed by atoms with Crippen LogP contribution in [0.4, 0.5) is 4.79 Å². The molecule has 1 amide bonds. The number of rotatable bonds is 6. The quantitative estimate of drug-likeness (QED) is 0.783. The molecule has 0 heterocycles. The van der Waals surface area contributed by atoms with Gasteiger partial charge in [0, 0.05) is 17.6 Å². The van der Waals surface area contributed by atoms with E-state index in [1.165, 1.54) is 0 Å². The van der Waals surface area contributed by atoms with Gasteiger partial charge in [0.05, 0.1) is 0 Å². The van der Waals surface area contributed by atoms with Crippen molar-refractivity contribution in [3.05, 3.63) is 34.9 Å². The molecule has 0 spiro atoms. The molecule has 0 bridgehead atoms. The van der Waals surface area contributed by atoms with Crippen LogP contribution in [0.3, 0.4) is 0 Å². The molecule has 2 N–H and O–H groups in total. The lowest BCUT2D eigenvalue weighted by Crippen LogP contribution is -2.34. The molecule has 0 aliphatic heterocycles. The Morgan fingerprint density at radius 3 is 2.67 bits per heavy atom. The fourth-order valence-electron chi connectivity index (χ4n) is 1.81. The summed E-state index contributed by atoms with van der Waals surface area (Å²) in [5, 5.41) is 6.88. The van der Waals surface area contributed by atoms with E-state index >= 15 is 0 Å². The molecular formula is C16H25ClN2O2. The Hall–Kier alpha value is -1.26. The van der Waals surface area contributed by atoms with E-state index < -0.39 is 5.60 Å². The van der Waals surface area contributed by atoms with E-state index in [1.54, 1.807) is 0 Å². The van der Waals surface area contributed by atoms with Gasteiger partial charge in [-0.2, -0.15) is 0 Å². The van der Waals surface area contributed by atoms with Gasteiger partial charge in [0.25, 0.3) is 0 Å². The number of hydrogen-bond donors (Lipinski definition) is 2. The van der Waals surface area contributed by atoms with E-state index in [2.05, 4.69) is 17.6 Å². The van der Waals surface area contributed by atoms with Crippen molar-refractivity contribution in [2.45, 2.75) is 45.8 Å². The third-order valence-corrected chi connectivity index (χ3v) is 3.06. The summed E-state index contributed by atoms with van der Waals surface area (Å²) in [6.07, 6.45) is 0.467. The number of hydrogen-bond acceptors (Lipinski definition) is 3. The average Bonchev–Trinajstić information content (AvgIpc) is 2.36. The third kappa shape index (κ3) is 7.93. The molecule has 0 aliphatic carbocycles. The van der Waals surface area contributed by atoms with Crippen LogP contribution in [0.2, 0.25) is 5.02 Å². The SMILES string of the molecule is CC(NCCCNC(=O)OC(C)(C)C)c1cccc(Cl)c1. The lowest BCUT2D eigenvalue weighted by Gasteiger charge is -2.20. The first-order valence-electron chi connectivity index (χ1n) is 7.23. The smallest absolute Gasteiger partial charge is 0.407 e. The largest absolute Gasteiger partial charge is 0.444 e. The van der Waals surface area contributed by atoms with Gasteiger partial charge in [0.2, 0.25) is 0 Å². The number of benzene rings is 1. The summed E-state index contributed by atoms with van der Waals surface area (Å²) in [5.74, 6) is 0. The Labute approximate surface area is 132 Å². The molecule has 4 nitrogen and oxygen atoms in total. The molecule has 1 unspecified atom stereocenters. The molecule has 118 valence electrons. The first-order chi connectivity index (χ1) is 9.78. The Kier molecular flexibility index (Phi) is 6.99. The Morgan fingerprint density at radius 1 is 1.33 bits per heavy atom. The van der Waals surface area contributed by atoms with Gasteiger partial charge in [-0.05, 0) is 58.4 Å². The minimum Gasteiger partial charge on any atom is -0.444 e. The van der Waals surface area contributed by atoms with Crippen LogP contribution >= 0.6 is 11.6 Å². The van der Waals surface area contributed by atoms with Crippen LogP contribution in [-0.2, 0) is 4.74 Å². The summed E-state index contributed by atoms with van der Waals surface area (Å²) >= 11 is 5.97. The lowest BCUT2D eigenvalue weighted by molar-refractivity contribution is 0.0527. The first-order valence-corrected chi connectivity index (χ1v) is 7.61. The summed E-state index contributed by atoms with van der Waals surface area (Å²) in [5.41, 5.74) is 0.700. The molecule has 5 heteroatoms. The van der Waals surface area contributed by atoms with Gasteiger partial charge < -0.3 is 15.4 Å². The molecule has 0 saturated carbocycles. The van der Waals surface area contributed by atoms with Crippen LogP contribution in [0, 0.1) is 0 Å². The van der Waals surface area contributed by atoms with Gasteiger partial charge in [0.15, 0.2) is 0 Å². The summed E-state index contributed by atoms with van der Waals surface area (Å²) < 4.78 is 5.16. The highest BCUT2D eigenvalue weighted by molar-refractivity contribution is 6.30. The van der Waals surface area contributed by atoms with Gasteiger partial charge in [-0.3, -0.25) is 0 Å². The van der Waals surface area contributed by atoms with E-state index in [9.17, 15) is 4.79 Å². The first kappa shape index (κ1) is 17.8. The highest BCUT2D eigenvalue weighted by atomic mass is 35.5. The van der Waals surface area contributed by atoms with Gasteiger partial charge in [-0.15, -0.1) is 0 Å². The molecule has 0 fully saturated rings. The summed E-state index contributed by atoms with van der Waals surface area (Å²) in [6.45, 7) is 9.03. The number of halogens is 1. The summed E-state index contributed by atoms with van der Waals surface area (Å²) in [6, 6.07) is 8.04. The molecule has 0 aromatic heterocycles. The highest BCUT2D eigenvalue weighted by Gasteiger charge is 2.15. The zero-order valence-electron chi connectivity index (χ0n) is 13.2. The van der Waals surface area contributed by atoms with Crippen molar-refractivity contribution < 1.29 is 9.53 Å². The standard InChI is InChI=1S/C16H25ClN2O2/c1-12(13-7-5-8-14(17)11-13)18-9-6-10-19-15(20)21-16(2,3)4/h5,7-8,11-12,18H,6,9-10H2,1-4H3,(H,19,20). The second kappa shape index (κ2) is 8.25. The predicted octanol–water partition coefficient (Wildman–Crippen LogP) is 3.91. The molecule has 1 rings (SSSR count). The number of nitrogens with one attached hydrogen (secondary N) is 2. The topological polar surface area (TPSA) is 50.4 Å². The zero-order chi connectivity index (χ0) is 15.9. The molecule has 0 radical (unpaired) electrons. The minimum atomic E-state index is -0.455. The van der Waals surface area contributed by atoms with Crippen LogP contribution in [0.1, 0.15) is 45.7 Å². The average molecular weight is 313 g/mol. The van der Waals surface area contributed by atoms with Crippen molar-refractivity contribution in [1.29, 1.82) is 0 Å². The Bertz CT molecular complexity index is 458. The normalized spacial score (nSPS) is 12.8. The molecule has 1 aromatic carbocycles. The number of ether oxygens (including phenoxy) is 1. The second-order valence-electron chi connectivity index (χ2n) is 6.01. The van der Waals surface area contributed by atoms with Crippen LogP contribution < -0.4 is 10.6 Å². The minimum absolute atomic E-state index is 0.227. The van der Waals surface area contributed by atoms with Crippen molar-refractivity contribution in [2.24, 2.45) is 0 Å². The van der Waals surface area contributed by atoms with Crippen molar-refractivity contribution in [2.75, 3.05) is 13.1 Å². The van der Waals surface area contributed by atoms with E-state index in [0.717, 1.165) is 23.6 Å². The predicted molar refractivity (Wildman–Crippen MR) is 86.7 cm³/mol. The maximum atomic E-state index is 11.4.